The molecule has 0 aromatic rings. The van der Waals surface area contributed by atoms with Gasteiger partial charge >= 0.3 is 5.97 Å². The first-order valence-corrected chi connectivity index (χ1v) is 8.46. The van der Waals surface area contributed by atoms with Crippen molar-refractivity contribution in [3.63, 3.8) is 0 Å². The van der Waals surface area contributed by atoms with Gasteiger partial charge in [-0.1, -0.05) is 0 Å². The summed E-state index contributed by atoms with van der Waals surface area (Å²) < 4.78 is 5.04. The number of likely N-dealkylation sites (tertiary alicyclic amines) is 1. The van der Waals surface area contributed by atoms with Crippen LogP contribution in [0, 0.1) is 0 Å². The number of ether oxygens (including phenoxy) is 1. The van der Waals surface area contributed by atoms with Gasteiger partial charge in [-0.15, -0.1) is 0 Å². The first kappa shape index (κ1) is 18.2. The quantitative estimate of drug-likeness (QED) is 0.625. The van der Waals surface area contributed by atoms with Crippen molar-refractivity contribution in [3.8, 4) is 0 Å². The van der Waals surface area contributed by atoms with Crippen LogP contribution >= 0.6 is 0 Å². The standard InChI is InChI=1S/C16H30N4O3/c1-17(2)15(21)13-23-16(22)12-19-6-4-14(5-7-19)20-10-8-18(3)9-11-20/h14H,4-13H2,1-3H3. The van der Waals surface area contributed by atoms with Crippen molar-refractivity contribution in [3.05, 3.63) is 0 Å². The number of rotatable bonds is 5. The molecule has 1 amide bonds. The van der Waals surface area contributed by atoms with Crippen molar-refractivity contribution in [1.29, 1.82) is 0 Å². The van der Waals surface area contributed by atoms with E-state index in [1.165, 1.54) is 4.90 Å². The molecule has 0 unspecified atom stereocenters. The smallest absolute Gasteiger partial charge is 0.320 e. The molecule has 0 atom stereocenters. The van der Waals surface area contributed by atoms with E-state index >= 15 is 0 Å². The van der Waals surface area contributed by atoms with Gasteiger partial charge in [0.2, 0.25) is 0 Å². The van der Waals surface area contributed by atoms with E-state index in [0.717, 1.165) is 52.1 Å². The van der Waals surface area contributed by atoms with Crippen LogP contribution < -0.4 is 0 Å². The lowest BCUT2D eigenvalue weighted by molar-refractivity contribution is -0.152. The first-order valence-electron chi connectivity index (χ1n) is 8.46. The van der Waals surface area contributed by atoms with Crippen LogP contribution in [0.1, 0.15) is 12.8 Å². The third kappa shape index (κ3) is 5.75. The van der Waals surface area contributed by atoms with Crippen LogP contribution in [0.5, 0.6) is 0 Å². The summed E-state index contributed by atoms with van der Waals surface area (Å²) in [5.41, 5.74) is 0. The number of likely N-dealkylation sites (N-methyl/N-ethyl adjacent to an activating group) is 2. The monoisotopic (exact) mass is 326 g/mol. The molecule has 7 nitrogen and oxygen atoms in total. The highest BCUT2D eigenvalue weighted by Crippen LogP contribution is 2.17. The van der Waals surface area contributed by atoms with E-state index in [0.29, 0.717) is 6.04 Å². The zero-order valence-electron chi connectivity index (χ0n) is 14.7. The maximum atomic E-state index is 11.8. The van der Waals surface area contributed by atoms with Gasteiger partial charge in [0.1, 0.15) is 0 Å². The number of piperazine rings is 1. The van der Waals surface area contributed by atoms with E-state index in [2.05, 4.69) is 21.7 Å². The lowest BCUT2D eigenvalue weighted by Gasteiger charge is -2.41. The third-order valence-corrected chi connectivity index (χ3v) is 4.82. The third-order valence-electron chi connectivity index (χ3n) is 4.82. The van der Waals surface area contributed by atoms with E-state index in [1.807, 2.05) is 0 Å². The summed E-state index contributed by atoms with van der Waals surface area (Å²) in [5.74, 6) is -0.495. The number of carbonyl (C=O) groups is 2. The van der Waals surface area contributed by atoms with Gasteiger partial charge in [-0.25, -0.2) is 0 Å². The van der Waals surface area contributed by atoms with Crippen LogP contribution in [0.2, 0.25) is 0 Å². The van der Waals surface area contributed by atoms with Crippen molar-refractivity contribution >= 4 is 11.9 Å². The normalized spacial score (nSPS) is 22.0. The lowest BCUT2D eigenvalue weighted by atomic mass is 10.0. The largest absolute Gasteiger partial charge is 0.455 e. The molecule has 0 aromatic heterocycles. The van der Waals surface area contributed by atoms with Crippen LogP contribution in [0.3, 0.4) is 0 Å². The van der Waals surface area contributed by atoms with Crippen molar-refractivity contribution in [1.82, 2.24) is 19.6 Å². The fourth-order valence-electron chi connectivity index (χ4n) is 3.13. The lowest BCUT2D eigenvalue weighted by Crippen LogP contribution is -2.52. The summed E-state index contributed by atoms with van der Waals surface area (Å²) in [6.45, 7) is 6.56. The van der Waals surface area contributed by atoms with E-state index in [-0.39, 0.29) is 25.0 Å². The molecule has 0 bridgehead atoms. The maximum absolute atomic E-state index is 11.8. The molecule has 2 aliphatic heterocycles. The molecule has 0 spiro atoms. The Kier molecular flexibility index (Phi) is 6.80. The molecule has 7 heteroatoms. The van der Waals surface area contributed by atoms with Gasteiger partial charge in [0, 0.05) is 59.4 Å². The summed E-state index contributed by atoms with van der Waals surface area (Å²) in [7, 11) is 5.48. The molecule has 2 aliphatic rings. The van der Waals surface area contributed by atoms with Crippen LogP contribution in [-0.4, -0.2) is 111 Å². The van der Waals surface area contributed by atoms with Crippen molar-refractivity contribution in [2.45, 2.75) is 18.9 Å². The molecule has 0 aromatic carbocycles. The first-order chi connectivity index (χ1) is 11.0. The van der Waals surface area contributed by atoms with Crippen molar-refractivity contribution in [2.75, 3.05) is 73.6 Å². The van der Waals surface area contributed by atoms with Crippen LogP contribution in [-0.2, 0) is 14.3 Å². The predicted molar refractivity (Wildman–Crippen MR) is 88.2 cm³/mol. The van der Waals surface area contributed by atoms with Crippen LogP contribution in [0.15, 0.2) is 0 Å². The second-order valence-electron chi connectivity index (χ2n) is 6.80. The Balaban J connectivity index is 1.64. The van der Waals surface area contributed by atoms with Gasteiger partial charge in [-0.05, 0) is 19.9 Å². The number of hydrogen-bond donors (Lipinski definition) is 0. The number of nitrogens with zero attached hydrogens (tertiary/aromatic N) is 4. The number of hydrogen-bond acceptors (Lipinski definition) is 6. The summed E-state index contributed by atoms with van der Waals surface area (Å²) >= 11 is 0. The Morgan fingerprint density at radius 2 is 1.65 bits per heavy atom. The zero-order chi connectivity index (χ0) is 16.8. The van der Waals surface area contributed by atoms with Gasteiger partial charge in [0.05, 0.1) is 6.54 Å². The Bertz CT molecular complexity index is 400. The molecule has 2 heterocycles. The number of amides is 1. The minimum Gasteiger partial charge on any atom is -0.455 e. The van der Waals surface area contributed by atoms with Crippen molar-refractivity contribution < 1.29 is 14.3 Å². The summed E-state index contributed by atoms with van der Waals surface area (Å²) in [6, 6.07) is 0.645. The second-order valence-corrected chi connectivity index (χ2v) is 6.80. The average Bonchev–Trinajstić information content (AvgIpc) is 2.54. The molecular formula is C16H30N4O3. The SMILES string of the molecule is CN1CCN(C2CCN(CC(=O)OCC(=O)N(C)C)CC2)CC1. The topological polar surface area (TPSA) is 56.3 Å². The number of piperidine rings is 1. The summed E-state index contributed by atoms with van der Waals surface area (Å²) in [5, 5.41) is 0. The molecule has 2 saturated heterocycles. The van der Waals surface area contributed by atoms with Gasteiger partial charge < -0.3 is 14.5 Å². The van der Waals surface area contributed by atoms with E-state index in [4.69, 9.17) is 4.74 Å². The maximum Gasteiger partial charge on any atom is 0.320 e. The fraction of sp³-hybridized carbons (Fsp3) is 0.875. The van der Waals surface area contributed by atoms with E-state index < -0.39 is 0 Å². The molecule has 132 valence electrons. The fourth-order valence-corrected chi connectivity index (χ4v) is 3.13. The van der Waals surface area contributed by atoms with Crippen LogP contribution in [0.4, 0.5) is 0 Å². The molecule has 0 aliphatic carbocycles. The average molecular weight is 326 g/mol. The molecule has 2 fully saturated rings. The van der Waals surface area contributed by atoms with Gasteiger partial charge in [-0.3, -0.25) is 19.4 Å². The Hall–Kier alpha value is -1.18. The highest BCUT2D eigenvalue weighted by molar-refractivity contribution is 5.80. The molecular weight excluding hydrogens is 296 g/mol. The summed E-state index contributed by atoms with van der Waals surface area (Å²) in [6.07, 6.45) is 2.21. The van der Waals surface area contributed by atoms with Crippen LogP contribution in [0.25, 0.3) is 0 Å². The Labute approximate surface area is 139 Å². The minimum atomic E-state index is -0.307. The van der Waals surface area contributed by atoms with Gasteiger partial charge in [0.15, 0.2) is 6.61 Å². The highest BCUT2D eigenvalue weighted by Gasteiger charge is 2.27. The number of carbonyl (C=O) groups excluding carboxylic acids is 2. The molecule has 23 heavy (non-hydrogen) atoms. The Morgan fingerprint density at radius 3 is 2.22 bits per heavy atom. The van der Waals surface area contributed by atoms with Gasteiger partial charge in [-0.2, -0.15) is 0 Å². The molecule has 2 rings (SSSR count). The minimum absolute atomic E-state index is 0.163. The van der Waals surface area contributed by atoms with Gasteiger partial charge in [0.25, 0.3) is 5.91 Å². The predicted octanol–water partition coefficient (Wildman–Crippen LogP) is -0.670. The molecule has 0 saturated carbocycles. The van der Waals surface area contributed by atoms with E-state index in [9.17, 15) is 9.59 Å². The van der Waals surface area contributed by atoms with Crippen molar-refractivity contribution in [2.24, 2.45) is 0 Å². The highest BCUT2D eigenvalue weighted by atomic mass is 16.5. The summed E-state index contributed by atoms with van der Waals surface area (Å²) in [4.78, 5) is 31.7. The molecule has 0 N–H and O–H groups in total. The molecule has 0 radical (unpaired) electrons. The second kappa shape index (κ2) is 8.61. The Morgan fingerprint density at radius 1 is 1.04 bits per heavy atom. The van der Waals surface area contributed by atoms with E-state index in [1.54, 1.807) is 14.1 Å². The zero-order valence-corrected chi connectivity index (χ0v) is 14.7. The number of esters is 1.